The van der Waals surface area contributed by atoms with E-state index >= 15 is 0 Å². The van der Waals surface area contributed by atoms with Crippen molar-refractivity contribution in [1.82, 2.24) is 5.32 Å². The Balaban J connectivity index is 2.48. The number of rotatable bonds is 4. The molecule has 1 aromatic carbocycles. The molecule has 102 valence electrons. The first kappa shape index (κ1) is 14.4. The molecule has 0 aliphatic carbocycles. The van der Waals surface area contributed by atoms with Gasteiger partial charge >= 0.3 is 0 Å². The average molecular weight is 302 g/mol. The fraction of sp³-hybridized carbons (Fsp3) is 0.286. The van der Waals surface area contributed by atoms with Crippen LogP contribution in [-0.4, -0.2) is 6.54 Å². The van der Waals surface area contributed by atoms with Crippen molar-refractivity contribution in [3.05, 3.63) is 56.2 Å². The third kappa shape index (κ3) is 3.14. The number of benzene rings is 1. The molecule has 1 aromatic heterocycles. The Bertz CT molecular complexity index is 563. The predicted octanol–water partition coefficient (Wildman–Crippen LogP) is 4.69. The Kier molecular flexibility index (Phi) is 4.55. The fourth-order valence-corrected chi connectivity index (χ4v) is 3.36. The van der Waals surface area contributed by atoms with Gasteiger partial charge in [0.1, 0.15) is 11.6 Å². The molecule has 0 amide bonds. The first-order valence-electron chi connectivity index (χ1n) is 5.95. The minimum atomic E-state index is -0.581. The van der Waals surface area contributed by atoms with Crippen LogP contribution in [0.25, 0.3) is 0 Å². The van der Waals surface area contributed by atoms with Gasteiger partial charge in [0.2, 0.25) is 0 Å². The van der Waals surface area contributed by atoms with Gasteiger partial charge in [-0.05, 0) is 42.1 Å². The van der Waals surface area contributed by atoms with Gasteiger partial charge in [-0.15, -0.1) is 11.3 Å². The standard InChI is InChI=1S/C14H14ClF2NS/c1-3-18-13(14-12(15)8(2)7-19-14)9-4-10(16)6-11(17)5-9/h4-7,13,18H,3H2,1-2H3. The summed E-state index contributed by atoms with van der Waals surface area (Å²) in [6, 6.07) is 3.25. The van der Waals surface area contributed by atoms with E-state index < -0.39 is 11.6 Å². The topological polar surface area (TPSA) is 12.0 Å². The SMILES string of the molecule is CCNC(c1cc(F)cc(F)c1)c1scc(C)c1Cl. The molecule has 0 saturated carbocycles. The van der Waals surface area contributed by atoms with E-state index in [9.17, 15) is 8.78 Å². The van der Waals surface area contributed by atoms with Gasteiger partial charge in [0.25, 0.3) is 0 Å². The predicted molar refractivity (Wildman–Crippen MR) is 75.9 cm³/mol. The van der Waals surface area contributed by atoms with E-state index in [-0.39, 0.29) is 6.04 Å². The summed E-state index contributed by atoms with van der Waals surface area (Å²) in [6.45, 7) is 4.53. The summed E-state index contributed by atoms with van der Waals surface area (Å²) in [5.74, 6) is -1.16. The van der Waals surface area contributed by atoms with Crippen LogP contribution in [0.3, 0.4) is 0 Å². The number of thiophene rings is 1. The number of nitrogens with one attached hydrogen (secondary N) is 1. The minimum absolute atomic E-state index is 0.290. The van der Waals surface area contributed by atoms with Crippen LogP contribution in [-0.2, 0) is 0 Å². The van der Waals surface area contributed by atoms with Gasteiger partial charge in [0.05, 0.1) is 11.1 Å². The Morgan fingerprint density at radius 1 is 1.26 bits per heavy atom. The lowest BCUT2D eigenvalue weighted by Crippen LogP contribution is -2.21. The normalized spacial score (nSPS) is 12.7. The first-order chi connectivity index (χ1) is 9.02. The van der Waals surface area contributed by atoms with E-state index in [1.165, 1.54) is 23.5 Å². The smallest absolute Gasteiger partial charge is 0.126 e. The average Bonchev–Trinajstić information content (AvgIpc) is 2.66. The lowest BCUT2D eigenvalue weighted by atomic mass is 10.0. The highest BCUT2D eigenvalue weighted by Gasteiger charge is 2.20. The monoisotopic (exact) mass is 301 g/mol. The third-order valence-corrected chi connectivity index (χ3v) is 4.59. The van der Waals surface area contributed by atoms with Crippen LogP contribution in [0.2, 0.25) is 5.02 Å². The first-order valence-corrected chi connectivity index (χ1v) is 7.21. The summed E-state index contributed by atoms with van der Waals surface area (Å²) in [7, 11) is 0. The third-order valence-electron chi connectivity index (χ3n) is 2.81. The van der Waals surface area contributed by atoms with Gasteiger partial charge in [0.15, 0.2) is 0 Å². The maximum atomic E-state index is 13.4. The molecule has 1 unspecified atom stereocenters. The van der Waals surface area contributed by atoms with Crippen molar-refractivity contribution in [1.29, 1.82) is 0 Å². The second kappa shape index (κ2) is 5.99. The number of aryl methyl sites for hydroxylation is 1. The minimum Gasteiger partial charge on any atom is -0.306 e. The zero-order chi connectivity index (χ0) is 14.0. The summed E-state index contributed by atoms with van der Waals surface area (Å²) in [5, 5.41) is 5.81. The van der Waals surface area contributed by atoms with Crippen molar-refractivity contribution in [3.63, 3.8) is 0 Å². The molecule has 0 bridgehead atoms. The molecule has 0 aliphatic rings. The van der Waals surface area contributed by atoms with Crippen molar-refractivity contribution in [2.45, 2.75) is 19.9 Å². The molecule has 1 atom stereocenters. The van der Waals surface area contributed by atoms with Crippen molar-refractivity contribution in [3.8, 4) is 0 Å². The van der Waals surface area contributed by atoms with Gasteiger partial charge in [-0.1, -0.05) is 18.5 Å². The van der Waals surface area contributed by atoms with Crippen molar-refractivity contribution in [2.24, 2.45) is 0 Å². The molecule has 19 heavy (non-hydrogen) atoms. The molecular weight excluding hydrogens is 288 g/mol. The molecule has 0 radical (unpaired) electrons. The Hall–Kier alpha value is -0.970. The molecule has 2 aromatic rings. The number of halogens is 3. The van der Waals surface area contributed by atoms with Crippen molar-refractivity contribution < 1.29 is 8.78 Å². The van der Waals surface area contributed by atoms with Gasteiger partial charge < -0.3 is 5.32 Å². The Morgan fingerprint density at radius 3 is 2.37 bits per heavy atom. The zero-order valence-electron chi connectivity index (χ0n) is 10.6. The van der Waals surface area contributed by atoms with E-state index in [1.54, 1.807) is 0 Å². The molecular formula is C14H14ClF2NS. The highest BCUT2D eigenvalue weighted by Crippen LogP contribution is 2.36. The molecule has 0 spiro atoms. The summed E-state index contributed by atoms with van der Waals surface area (Å²) in [6.07, 6.45) is 0. The van der Waals surface area contributed by atoms with Gasteiger partial charge in [-0.25, -0.2) is 8.78 Å². The highest BCUT2D eigenvalue weighted by atomic mass is 35.5. The van der Waals surface area contributed by atoms with Crippen LogP contribution >= 0.6 is 22.9 Å². The molecule has 5 heteroatoms. The molecule has 0 aliphatic heterocycles. The van der Waals surface area contributed by atoms with Crippen molar-refractivity contribution >= 4 is 22.9 Å². The lowest BCUT2D eigenvalue weighted by Gasteiger charge is -2.18. The lowest BCUT2D eigenvalue weighted by molar-refractivity contribution is 0.567. The summed E-state index contributed by atoms with van der Waals surface area (Å²) in [4.78, 5) is 0.881. The molecule has 1 N–H and O–H groups in total. The summed E-state index contributed by atoms with van der Waals surface area (Å²) in [5.41, 5.74) is 1.52. The fourth-order valence-electron chi connectivity index (χ4n) is 1.95. The largest absolute Gasteiger partial charge is 0.306 e. The van der Waals surface area contributed by atoms with Crippen LogP contribution in [0, 0.1) is 18.6 Å². The maximum Gasteiger partial charge on any atom is 0.126 e. The van der Waals surface area contributed by atoms with Crippen LogP contribution in [0.5, 0.6) is 0 Å². The molecule has 2 rings (SSSR count). The Labute approximate surface area is 120 Å². The van der Waals surface area contributed by atoms with E-state index in [1.807, 2.05) is 19.2 Å². The second-order valence-corrected chi connectivity index (χ2v) is 5.58. The maximum absolute atomic E-state index is 13.4. The summed E-state index contributed by atoms with van der Waals surface area (Å²) >= 11 is 7.74. The van der Waals surface area contributed by atoms with Crippen LogP contribution < -0.4 is 5.32 Å². The highest BCUT2D eigenvalue weighted by molar-refractivity contribution is 7.10. The molecule has 1 nitrogen and oxygen atoms in total. The van der Waals surface area contributed by atoms with Crippen LogP contribution in [0.1, 0.15) is 29.0 Å². The van der Waals surface area contributed by atoms with Gasteiger partial charge in [-0.3, -0.25) is 0 Å². The zero-order valence-corrected chi connectivity index (χ0v) is 12.2. The quantitative estimate of drug-likeness (QED) is 0.864. The van der Waals surface area contributed by atoms with E-state index in [0.717, 1.165) is 16.5 Å². The van der Waals surface area contributed by atoms with Gasteiger partial charge in [0, 0.05) is 10.9 Å². The van der Waals surface area contributed by atoms with E-state index in [0.29, 0.717) is 17.1 Å². The van der Waals surface area contributed by atoms with Crippen LogP contribution in [0.4, 0.5) is 8.78 Å². The van der Waals surface area contributed by atoms with Crippen LogP contribution in [0.15, 0.2) is 23.6 Å². The molecule has 0 fully saturated rings. The molecule has 0 saturated heterocycles. The summed E-state index contributed by atoms with van der Waals surface area (Å²) < 4.78 is 26.7. The Morgan fingerprint density at radius 2 is 1.89 bits per heavy atom. The second-order valence-electron chi connectivity index (χ2n) is 4.29. The van der Waals surface area contributed by atoms with E-state index in [4.69, 9.17) is 11.6 Å². The van der Waals surface area contributed by atoms with E-state index in [2.05, 4.69) is 5.32 Å². The van der Waals surface area contributed by atoms with Crippen molar-refractivity contribution in [2.75, 3.05) is 6.54 Å². The van der Waals surface area contributed by atoms with Gasteiger partial charge in [-0.2, -0.15) is 0 Å². The number of hydrogen-bond donors (Lipinski definition) is 1. The number of hydrogen-bond acceptors (Lipinski definition) is 2. The molecule has 1 heterocycles.